The van der Waals surface area contributed by atoms with Crippen molar-refractivity contribution < 1.29 is 10.1 Å². The molecule has 0 saturated carbocycles. The van der Waals surface area contributed by atoms with Gasteiger partial charge in [-0.25, -0.2) is 9.97 Å². The molecule has 5 N–H and O–H groups in total. The Labute approximate surface area is 220 Å². The molecule has 2 aromatic heterocycles. The molecule has 8 heteroatoms. The Balaban J connectivity index is 1.60. The molecule has 0 aliphatic rings. The lowest BCUT2D eigenvalue weighted by atomic mass is 10.0. The Morgan fingerprint density at radius 3 is 2.55 bits per heavy atom. The number of benzene rings is 3. The molecule has 0 aliphatic heterocycles. The van der Waals surface area contributed by atoms with Gasteiger partial charge in [0.25, 0.3) is 5.56 Å². The van der Waals surface area contributed by atoms with Gasteiger partial charge in [0, 0.05) is 5.69 Å². The maximum atomic E-state index is 13.9. The number of nitrogens with one attached hydrogen (secondary N) is 1. The van der Waals surface area contributed by atoms with Gasteiger partial charge in [-0.05, 0) is 60.7 Å². The van der Waals surface area contributed by atoms with Crippen molar-refractivity contribution in [2.75, 3.05) is 18.2 Å². The normalized spacial score (nSPS) is 10.9. The topological polar surface area (TPSA) is 121 Å². The zero-order valence-electron chi connectivity index (χ0n) is 21.5. The van der Waals surface area contributed by atoms with Crippen LogP contribution in [0.5, 0.6) is 5.75 Å². The summed E-state index contributed by atoms with van der Waals surface area (Å²) in [6.45, 7) is 4.24. The summed E-state index contributed by atoms with van der Waals surface area (Å²) in [6, 6.07) is 23.1. The van der Waals surface area contributed by atoms with Crippen LogP contribution in [0.25, 0.3) is 16.5 Å². The first-order chi connectivity index (χ1) is 18.4. The maximum Gasteiger partial charge on any atom is 0.263 e. The standard InChI is InChI=1S/C30H28N6O2/c1-18-8-4-5-13-24(18)36-22(14-20-10-6-9-19(2)25(20)30(36)37)16-33-29-26(28(32)34-17-35-29)27(31)21-11-7-12-23(15-21)38-3/h4-15,17,31H,16H2,1-3H3,(H3,32,33,34,35)/p+1. The summed E-state index contributed by atoms with van der Waals surface area (Å²) in [4.78, 5) is 22.5. The highest BCUT2D eigenvalue weighted by Crippen LogP contribution is 2.25. The number of nitrogen functional groups attached to an aromatic ring is 1. The van der Waals surface area contributed by atoms with E-state index in [2.05, 4.69) is 15.3 Å². The third-order valence-corrected chi connectivity index (χ3v) is 6.65. The first-order valence-corrected chi connectivity index (χ1v) is 12.2. The number of nitrogens with zero attached hydrogens (tertiary/aromatic N) is 3. The van der Waals surface area contributed by atoms with Crippen LogP contribution >= 0.6 is 0 Å². The van der Waals surface area contributed by atoms with E-state index >= 15 is 0 Å². The van der Waals surface area contributed by atoms with Gasteiger partial charge in [0.05, 0.1) is 30.3 Å². The average Bonchev–Trinajstić information content (AvgIpc) is 2.92. The van der Waals surface area contributed by atoms with Crippen LogP contribution in [0, 0.1) is 13.8 Å². The molecule has 190 valence electrons. The van der Waals surface area contributed by atoms with E-state index in [-0.39, 0.29) is 11.4 Å². The van der Waals surface area contributed by atoms with E-state index < -0.39 is 0 Å². The highest BCUT2D eigenvalue weighted by atomic mass is 16.5. The van der Waals surface area contributed by atoms with E-state index in [1.807, 2.05) is 86.6 Å². The minimum atomic E-state index is -0.0726. The Kier molecular flexibility index (Phi) is 6.62. The lowest BCUT2D eigenvalue weighted by Gasteiger charge is -2.18. The van der Waals surface area contributed by atoms with Crippen molar-refractivity contribution in [3.05, 3.63) is 117 Å². The molecule has 8 nitrogen and oxygen atoms in total. The first-order valence-electron chi connectivity index (χ1n) is 12.2. The van der Waals surface area contributed by atoms with E-state index in [4.69, 9.17) is 15.9 Å². The van der Waals surface area contributed by atoms with E-state index in [0.29, 0.717) is 34.8 Å². The molecular weight excluding hydrogens is 476 g/mol. The van der Waals surface area contributed by atoms with Crippen LogP contribution in [0.1, 0.15) is 27.9 Å². The molecule has 0 spiro atoms. The second-order valence-corrected chi connectivity index (χ2v) is 9.08. The molecule has 0 atom stereocenters. The zero-order valence-corrected chi connectivity index (χ0v) is 21.5. The van der Waals surface area contributed by atoms with Crippen molar-refractivity contribution in [3.63, 3.8) is 0 Å². The predicted molar refractivity (Wildman–Crippen MR) is 151 cm³/mol. The molecule has 0 unspecified atom stereocenters. The second-order valence-electron chi connectivity index (χ2n) is 9.08. The summed E-state index contributed by atoms with van der Waals surface area (Å²) in [6.07, 6.45) is 1.39. The number of pyridine rings is 1. The molecule has 2 heterocycles. The SMILES string of the molecule is COc1cccc(C(=[NH2+])c2c(N)ncnc2NCc2cc3cccc(C)c3c(=O)n2-c2ccccc2C)c1. The van der Waals surface area contributed by atoms with Gasteiger partial charge in [-0.3, -0.25) is 14.8 Å². The Morgan fingerprint density at radius 1 is 1.00 bits per heavy atom. The summed E-state index contributed by atoms with van der Waals surface area (Å²) in [5.74, 6) is 1.38. The highest BCUT2D eigenvalue weighted by molar-refractivity contribution is 6.14. The number of anilines is 2. The van der Waals surface area contributed by atoms with Gasteiger partial charge in [-0.15, -0.1) is 0 Å². The molecule has 5 aromatic rings. The molecule has 5 rings (SSSR count). The number of aromatic nitrogens is 3. The van der Waals surface area contributed by atoms with Crippen LogP contribution in [-0.2, 0) is 6.54 Å². The number of ether oxygens (including phenoxy) is 1. The van der Waals surface area contributed by atoms with Crippen molar-refractivity contribution in [3.8, 4) is 11.4 Å². The maximum absolute atomic E-state index is 13.9. The summed E-state index contributed by atoms with van der Waals surface area (Å²) < 4.78 is 7.11. The van der Waals surface area contributed by atoms with Gasteiger partial charge < -0.3 is 15.8 Å². The van der Waals surface area contributed by atoms with Crippen molar-refractivity contribution in [2.45, 2.75) is 20.4 Å². The monoisotopic (exact) mass is 505 g/mol. The number of hydrogen-bond donors (Lipinski definition) is 3. The van der Waals surface area contributed by atoms with Crippen molar-refractivity contribution in [1.82, 2.24) is 14.5 Å². The van der Waals surface area contributed by atoms with Gasteiger partial charge in [0.2, 0.25) is 5.71 Å². The van der Waals surface area contributed by atoms with Crippen LogP contribution in [0.3, 0.4) is 0 Å². The largest absolute Gasteiger partial charge is 0.497 e. The Morgan fingerprint density at radius 2 is 1.76 bits per heavy atom. The van der Waals surface area contributed by atoms with E-state index in [0.717, 1.165) is 33.5 Å². The van der Waals surface area contributed by atoms with Gasteiger partial charge in [-0.2, -0.15) is 0 Å². The summed E-state index contributed by atoms with van der Waals surface area (Å²) in [5, 5.41) is 11.5. The molecule has 0 radical (unpaired) electrons. The van der Waals surface area contributed by atoms with Crippen molar-refractivity contribution in [1.29, 1.82) is 0 Å². The Bertz CT molecular complexity index is 1740. The predicted octanol–water partition coefficient (Wildman–Crippen LogP) is 3.20. The lowest BCUT2D eigenvalue weighted by Crippen LogP contribution is -2.42. The van der Waals surface area contributed by atoms with Gasteiger partial charge in [0.15, 0.2) is 0 Å². The van der Waals surface area contributed by atoms with Gasteiger partial charge >= 0.3 is 0 Å². The number of methoxy groups -OCH3 is 1. The lowest BCUT2D eigenvalue weighted by molar-refractivity contribution is -0.111. The number of rotatable bonds is 7. The fourth-order valence-corrected chi connectivity index (χ4v) is 4.71. The van der Waals surface area contributed by atoms with Crippen LogP contribution in [0.15, 0.2) is 83.9 Å². The van der Waals surface area contributed by atoms with E-state index in [9.17, 15) is 4.79 Å². The fraction of sp³-hybridized carbons (Fsp3) is 0.133. The van der Waals surface area contributed by atoms with Crippen LogP contribution in [0.4, 0.5) is 11.6 Å². The van der Waals surface area contributed by atoms with Crippen LogP contribution < -0.4 is 26.8 Å². The van der Waals surface area contributed by atoms with Crippen molar-refractivity contribution >= 4 is 28.1 Å². The number of hydrogen-bond acceptors (Lipinski definition) is 6. The molecular formula is C30H29N6O2+. The van der Waals surface area contributed by atoms with E-state index in [1.54, 1.807) is 11.7 Å². The third-order valence-electron chi connectivity index (χ3n) is 6.65. The highest BCUT2D eigenvalue weighted by Gasteiger charge is 2.22. The molecule has 0 fully saturated rings. The third kappa shape index (κ3) is 4.48. The smallest absolute Gasteiger partial charge is 0.263 e. The first kappa shape index (κ1) is 24.7. The minimum absolute atomic E-state index is 0.0726. The average molecular weight is 506 g/mol. The number of nitrogens with two attached hydrogens (primary N) is 2. The number of aryl methyl sites for hydroxylation is 2. The molecule has 0 amide bonds. The molecule has 0 aliphatic carbocycles. The molecule has 38 heavy (non-hydrogen) atoms. The Hall–Kier alpha value is -4.98. The number of para-hydroxylation sites is 1. The molecule has 0 saturated heterocycles. The second kappa shape index (κ2) is 10.2. The summed E-state index contributed by atoms with van der Waals surface area (Å²) in [7, 11) is 1.60. The zero-order chi connectivity index (χ0) is 26.8. The van der Waals surface area contributed by atoms with Crippen LogP contribution in [0.2, 0.25) is 0 Å². The van der Waals surface area contributed by atoms with Crippen molar-refractivity contribution in [2.24, 2.45) is 0 Å². The minimum Gasteiger partial charge on any atom is -0.497 e. The van der Waals surface area contributed by atoms with Gasteiger partial charge in [0.1, 0.15) is 29.3 Å². The van der Waals surface area contributed by atoms with E-state index in [1.165, 1.54) is 6.33 Å². The van der Waals surface area contributed by atoms with Gasteiger partial charge in [-0.1, -0.05) is 42.5 Å². The quantitative estimate of drug-likeness (QED) is 0.292. The van der Waals surface area contributed by atoms with Crippen LogP contribution in [-0.4, -0.2) is 27.4 Å². The fourth-order valence-electron chi connectivity index (χ4n) is 4.71. The summed E-state index contributed by atoms with van der Waals surface area (Å²) >= 11 is 0. The summed E-state index contributed by atoms with van der Waals surface area (Å²) in [5.41, 5.74) is 11.3. The molecule has 0 bridgehead atoms. The number of fused-ring (bicyclic) bond motifs is 1. The molecule has 3 aromatic carbocycles.